The summed E-state index contributed by atoms with van der Waals surface area (Å²) >= 11 is 6.05. The predicted octanol–water partition coefficient (Wildman–Crippen LogP) is 3.99. The first-order valence-electron chi connectivity index (χ1n) is 7.63. The number of anilines is 1. The van der Waals surface area contributed by atoms with Crippen molar-refractivity contribution in [3.63, 3.8) is 0 Å². The molecule has 0 unspecified atom stereocenters. The van der Waals surface area contributed by atoms with Crippen molar-refractivity contribution < 1.29 is 14.3 Å². The van der Waals surface area contributed by atoms with Gasteiger partial charge in [-0.3, -0.25) is 9.59 Å². The molecule has 0 spiro atoms. The number of carbonyl (C=O) groups excluding carboxylic acids is 2. The Labute approximate surface area is 146 Å². The molecule has 0 atom stereocenters. The van der Waals surface area contributed by atoms with Crippen LogP contribution in [0, 0.1) is 20.8 Å². The molecule has 0 heterocycles. The van der Waals surface area contributed by atoms with Gasteiger partial charge in [0, 0.05) is 0 Å². The number of amides is 1. The van der Waals surface area contributed by atoms with Crippen LogP contribution in [-0.4, -0.2) is 18.5 Å². The van der Waals surface area contributed by atoms with Crippen LogP contribution in [0.3, 0.4) is 0 Å². The van der Waals surface area contributed by atoms with E-state index < -0.39 is 11.9 Å². The maximum atomic E-state index is 11.9. The first kappa shape index (κ1) is 18.0. The summed E-state index contributed by atoms with van der Waals surface area (Å²) in [5.41, 5.74) is 4.65. The number of ether oxygens (including phenoxy) is 1. The molecule has 5 heteroatoms. The molecule has 126 valence electrons. The lowest BCUT2D eigenvalue weighted by Crippen LogP contribution is -2.21. The highest BCUT2D eigenvalue weighted by Gasteiger charge is 2.11. The molecule has 0 aliphatic heterocycles. The van der Waals surface area contributed by atoms with Crippen LogP contribution >= 0.6 is 11.6 Å². The van der Waals surface area contributed by atoms with E-state index in [1.54, 1.807) is 12.1 Å². The summed E-state index contributed by atoms with van der Waals surface area (Å²) in [5.74, 6) is -0.863. The number of carbonyl (C=O) groups is 2. The van der Waals surface area contributed by atoms with Crippen LogP contribution in [0.1, 0.15) is 22.3 Å². The van der Waals surface area contributed by atoms with Gasteiger partial charge in [-0.1, -0.05) is 35.9 Å². The van der Waals surface area contributed by atoms with E-state index in [0.717, 1.165) is 16.7 Å². The second-order valence-corrected chi connectivity index (χ2v) is 6.19. The zero-order valence-corrected chi connectivity index (χ0v) is 14.7. The van der Waals surface area contributed by atoms with Gasteiger partial charge in [0.05, 0.1) is 17.1 Å². The summed E-state index contributed by atoms with van der Waals surface area (Å²) < 4.78 is 5.02. The average Bonchev–Trinajstić information content (AvgIpc) is 2.52. The fourth-order valence-electron chi connectivity index (χ4n) is 2.19. The minimum Gasteiger partial charge on any atom is -0.455 e. The standard InChI is InChI=1S/C19H20ClNO3/c1-12-4-7-17(16(20)8-12)21-18(22)11-24-19(23)10-15-6-5-13(2)14(3)9-15/h4-9H,10-11H2,1-3H3,(H,21,22). The van der Waals surface area contributed by atoms with Gasteiger partial charge in [-0.15, -0.1) is 0 Å². The molecule has 0 bridgehead atoms. The second kappa shape index (κ2) is 7.97. The molecule has 2 aromatic carbocycles. The normalized spacial score (nSPS) is 10.3. The molecule has 0 aliphatic carbocycles. The van der Waals surface area contributed by atoms with E-state index in [1.165, 1.54) is 5.56 Å². The van der Waals surface area contributed by atoms with Crippen molar-refractivity contribution in [3.05, 3.63) is 63.7 Å². The van der Waals surface area contributed by atoms with Gasteiger partial charge in [0.15, 0.2) is 6.61 Å². The van der Waals surface area contributed by atoms with Gasteiger partial charge in [0.25, 0.3) is 5.91 Å². The molecule has 1 amide bonds. The topological polar surface area (TPSA) is 55.4 Å². The number of benzene rings is 2. The third kappa shape index (κ3) is 5.10. The monoisotopic (exact) mass is 345 g/mol. The molecule has 2 aromatic rings. The van der Waals surface area contributed by atoms with E-state index in [2.05, 4.69) is 5.32 Å². The molecule has 0 radical (unpaired) electrons. The van der Waals surface area contributed by atoms with Crippen LogP contribution in [0.5, 0.6) is 0 Å². The third-order valence-corrected chi connectivity index (χ3v) is 4.00. The molecular formula is C19H20ClNO3. The Morgan fingerprint density at radius 1 is 1.04 bits per heavy atom. The number of hydrogen-bond donors (Lipinski definition) is 1. The lowest BCUT2D eigenvalue weighted by molar-refractivity contribution is -0.146. The van der Waals surface area contributed by atoms with Crippen molar-refractivity contribution in [2.45, 2.75) is 27.2 Å². The van der Waals surface area contributed by atoms with Crippen molar-refractivity contribution in [2.75, 3.05) is 11.9 Å². The first-order valence-corrected chi connectivity index (χ1v) is 8.00. The van der Waals surface area contributed by atoms with Crippen LogP contribution in [0.4, 0.5) is 5.69 Å². The smallest absolute Gasteiger partial charge is 0.310 e. The quantitative estimate of drug-likeness (QED) is 0.833. The van der Waals surface area contributed by atoms with Gasteiger partial charge in [-0.25, -0.2) is 0 Å². The minimum absolute atomic E-state index is 0.139. The fourth-order valence-corrected chi connectivity index (χ4v) is 2.47. The number of aryl methyl sites for hydroxylation is 3. The number of esters is 1. The molecular weight excluding hydrogens is 326 g/mol. The third-order valence-electron chi connectivity index (χ3n) is 3.68. The Bertz CT molecular complexity index is 771. The van der Waals surface area contributed by atoms with E-state index in [4.69, 9.17) is 16.3 Å². The summed E-state index contributed by atoms with van der Waals surface area (Å²) in [4.78, 5) is 23.7. The van der Waals surface area contributed by atoms with Crippen molar-refractivity contribution in [3.8, 4) is 0 Å². The zero-order chi connectivity index (χ0) is 17.7. The summed E-state index contributed by atoms with van der Waals surface area (Å²) in [5, 5.41) is 3.07. The first-order chi connectivity index (χ1) is 11.3. The molecule has 2 rings (SSSR count). The van der Waals surface area contributed by atoms with Crippen LogP contribution in [0.25, 0.3) is 0 Å². The molecule has 1 N–H and O–H groups in total. The van der Waals surface area contributed by atoms with Gasteiger partial charge < -0.3 is 10.1 Å². The van der Waals surface area contributed by atoms with Gasteiger partial charge in [-0.2, -0.15) is 0 Å². The minimum atomic E-state index is -0.441. The van der Waals surface area contributed by atoms with E-state index in [0.29, 0.717) is 10.7 Å². The van der Waals surface area contributed by atoms with Gasteiger partial charge >= 0.3 is 5.97 Å². The van der Waals surface area contributed by atoms with Crippen molar-refractivity contribution in [2.24, 2.45) is 0 Å². The molecule has 0 aromatic heterocycles. The number of rotatable bonds is 5. The lowest BCUT2D eigenvalue weighted by atomic mass is 10.0. The van der Waals surface area contributed by atoms with E-state index in [1.807, 2.05) is 45.0 Å². The summed E-state index contributed by atoms with van der Waals surface area (Å²) in [6, 6.07) is 11.1. The highest BCUT2D eigenvalue weighted by molar-refractivity contribution is 6.33. The molecule has 0 saturated carbocycles. The van der Waals surface area contributed by atoms with Crippen LogP contribution in [0.15, 0.2) is 36.4 Å². The summed E-state index contributed by atoms with van der Waals surface area (Å²) in [7, 11) is 0. The molecule has 0 fully saturated rings. The molecule has 24 heavy (non-hydrogen) atoms. The lowest BCUT2D eigenvalue weighted by Gasteiger charge is -2.09. The average molecular weight is 346 g/mol. The van der Waals surface area contributed by atoms with E-state index >= 15 is 0 Å². The number of halogens is 1. The Hall–Kier alpha value is -2.33. The van der Waals surface area contributed by atoms with Crippen molar-refractivity contribution >= 4 is 29.2 Å². The molecule has 0 saturated heterocycles. The second-order valence-electron chi connectivity index (χ2n) is 5.79. The summed E-state index contributed by atoms with van der Waals surface area (Å²) in [6.45, 7) is 5.57. The van der Waals surface area contributed by atoms with E-state index in [-0.39, 0.29) is 13.0 Å². The van der Waals surface area contributed by atoms with Crippen molar-refractivity contribution in [1.29, 1.82) is 0 Å². The highest BCUT2D eigenvalue weighted by atomic mass is 35.5. The number of nitrogens with one attached hydrogen (secondary N) is 1. The van der Waals surface area contributed by atoms with Gasteiger partial charge in [0.1, 0.15) is 0 Å². The SMILES string of the molecule is Cc1ccc(NC(=O)COC(=O)Cc2ccc(C)c(C)c2)c(Cl)c1. The van der Waals surface area contributed by atoms with Crippen molar-refractivity contribution in [1.82, 2.24) is 0 Å². The molecule has 4 nitrogen and oxygen atoms in total. The zero-order valence-electron chi connectivity index (χ0n) is 14.0. The van der Waals surface area contributed by atoms with Gasteiger partial charge in [0.2, 0.25) is 0 Å². The Morgan fingerprint density at radius 2 is 1.79 bits per heavy atom. The maximum Gasteiger partial charge on any atom is 0.310 e. The Morgan fingerprint density at radius 3 is 2.46 bits per heavy atom. The maximum absolute atomic E-state index is 11.9. The highest BCUT2D eigenvalue weighted by Crippen LogP contribution is 2.22. The Kier molecular flexibility index (Phi) is 5.99. The van der Waals surface area contributed by atoms with Crippen LogP contribution in [-0.2, 0) is 20.7 Å². The van der Waals surface area contributed by atoms with Crippen LogP contribution in [0.2, 0.25) is 5.02 Å². The fraction of sp³-hybridized carbons (Fsp3) is 0.263. The molecule has 0 aliphatic rings. The predicted molar refractivity (Wildman–Crippen MR) is 95.4 cm³/mol. The largest absolute Gasteiger partial charge is 0.455 e. The Balaban J connectivity index is 1.84. The van der Waals surface area contributed by atoms with E-state index in [9.17, 15) is 9.59 Å². The van der Waals surface area contributed by atoms with Crippen LogP contribution < -0.4 is 5.32 Å². The van der Waals surface area contributed by atoms with Gasteiger partial charge in [-0.05, 0) is 55.2 Å². The summed E-state index contributed by atoms with van der Waals surface area (Å²) in [6.07, 6.45) is 0.139. The number of hydrogen-bond acceptors (Lipinski definition) is 3.